The third-order valence-electron chi connectivity index (χ3n) is 3.64. The van der Waals surface area contributed by atoms with Crippen LogP contribution < -0.4 is 0 Å². The van der Waals surface area contributed by atoms with Gasteiger partial charge in [0.25, 0.3) is 0 Å². The predicted octanol–water partition coefficient (Wildman–Crippen LogP) is 4.54. The standard InChI is InChI=1S/C13H13Cl2FN2/c1-7-2-8(3-7)18-12-4-9(15)10(16)5-11(12)17-13(18)6-14/h4-5,7-8H,2-3,6H2,1H3. The van der Waals surface area contributed by atoms with Crippen LogP contribution in [0.5, 0.6) is 0 Å². The molecule has 1 aliphatic carbocycles. The van der Waals surface area contributed by atoms with Crippen LogP contribution >= 0.6 is 23.2 Å². The van der Waals surface area contributed by atoms with Gasteiger partial charge in [-0.25, -0.2) is 9.37 Å². The van der Waals surface area contributed by atoms with Gasteiger partial charge in [0.15, 0.2) is 0 Å². The molecule has 0 unspecified atom stereocenters. The van der Waals surface area contributed by atoms with Gasteiger partial charge in [-0.2, -0.15) is 0 Å². The third kappa shape index (κ3) is 1.81. The Balaban J connectivity index is 2.18. The van der Waals surface area contributed by atoms with Crippen LogP contribution in [0.4, 0.5) is 4.39 Å². The van der Waals surface area contributed by atoms with Gasteiger partial charge in [0, 0.05) is 12.1 Å². The Labute approximate surface area is 115 Å². The number of fused-ring (bicyclic) bond motifs is 1. The van der Waals surface area contributed by atoms with Crippen molar-refractivity contribution in [1.29, 1.82) is 0 Å². The molecule has 1 aromatic heterocycles. The highest BCUT2D eigenvalue weighted by Crippen LogP contribution is 2.40. The highest BCUT2D eigenvalue weighted by Gasteiger charge is 2.30. The molecule has 2 nitrogen and oxygen atoms in total. The van der Waals surface area contributed by atoms with E-state index in [1.165, 1.54) is 6.07 Å². The lowest BCUT2D eigenvalue weighted by Gasteiger charge is -2.35. The quantitative estimate of drug-likeness (QED) is 0.741. The molecule has 1 heterocycles. The number of benzene rings is 1. The molecule has 3 rings (SSSR count). The Hall–Kier alpha value is -0.800. The first kappa shape index (κ1) is 12.2. The van der Waals surface area contributed by atoms with Crippen molar-refractivity contribution < 1.29 is 4.39 Å². The fourth-order valence-electron chi connectivity index (χ4n) is 2.71. The summed E-state index contributed by atoms with van der Waals surface area (Å²) in [6.07, 6.45) is 2.23. The number of nitrogens with zero attached hydrogens (tertiary/aromatic N) is 2. The van der Waals surface area contributed by atoms with Crippen LogP contribution in [0.2, 0.25) is 5.02 Å². The Morgan fingerprint density at radius 3 is 2.78 bits per heavy atom. The Morgan fingerprint density at radius 2 is 2.17 bits per heavy atom. The maximum Gasteiger partial charge on any atom is 0.144 e. The first-order valence-electron chi connectivity index (χ1n) is 6.02. The largest absolute Gasteiger partial charge is 0.324 e. The molecule has 1 saturated carbocycles. The van der Waals surface area contributed by atoms with E-state index in [0.717, 1.165) is 30.1 Å². The number of aromatic nitrogens is 2. The first-order valence-corrected chi connectivity index (χ1v) is 6.93. The molecular weight excluding hydrogens is 274 g/mol. The normalized spacial score (nSPS) is 23.3. The zero-order valence-corrected chi connectivity index (χ0v) is 11.5. The molecular formula is C13H13Cl2FN2. The second-order valence-corrected chi connectivity index (χ2v) is 5.69. The van der Waals surface area contributed by atoms with E-state index in [1.54, 1.807) is 6.07 Å². The number of alkyl halides is 1. The zero-order valence-electron chi connectivity index (χ0n) is 9.96. The number of halogens is 3. The van der Waals surface area contributed by atoms with Gasteiger partial charge in [0.05, 0.1) is 21.9 Å². The topological polar surface area (TPSA) is 17.8 Å². The number of rotatable bonds is 2. The molecule has 0 radical (unpaired) electrons. The Bertz CT molecular complexity index is 603. The van der Waals surface area contributed by atoms with Crippen molar-refractivity contribution in [2.45, 2.75) is 31.7 Å². The van der Waals surface area contributed by atoms with Crippen molar-refractivity contribution in [1.82, 2.24) is 9.55 Å². The van der Waals surface area contributed by atoms with Crippen LogP contribution in [0, 0.1) is 11.7 Å². The summed E-state index contributed by atoms with van der Waals surface area (Å²) in [6.45, 7) is 2.22. The fourth-order valence-corrected chi connectivity index (χ4v) is 3.06. The SMILES string of the molecule is CC1CC(n2c(CCl)nc3cc(F)c(Cl)cc32)C1. The molecule has 0 saturated heterocycles. The average molecular weight is 287 g/mol. The average Bonchev–Trinajstić information content (AvgIpc) is 2.63. The van der Waals surface area contributed by atoms with Gasteiger partial charge in [0.1, 0.15) is 11.6 Å². The van der Waals surface area contributed by atoms with Crippen LogP contribution in [0.15, 0.2) is 12.1 Å². The molecule has 1 aromatic carbocycles. The van der Waals surface area contributed by atoms with Crippen LogP contribution in [0.3, 0.4) is 0 Å². The van der Waals surface area contributed by atoms with Crippen LogP contribution in [-0.2, 0) is 5.88 Å². The predicted molar refractivity (Wildman–Crippen MR) is 71.7 cm³/mol. The zero-order chi connectivity index (χ0) is 12.9. The monoisotopic (exact) mass is 286 g/mol. The lowest BCUT2D eigenvalue weighted by Crippen LogP contribution is -2.25. The maximum absolute atomic E-state index is 13.4. The molecule has 5 heteroatoms. The summed E-state index contributed by atoms with van der Waals surface area (Å²) in [4.78, 5) is 4.39. The molecule has 96 valence electrons. The lowest BCUT2D eigenvalue weighted by atomic mass is 9.81. The molecule has 0 spiro atoms. The fraction of sp³-hybridized carbons (Fsp3) is 0.462. The molecule has 1 aliphatic rings. The second kappa shape index (κ2) is 4.39. The van der Waals surface area contributed by atoms with E-state index in [9.17, 15) is 4.39 Å². The minimum atomic E-state index is -0.433. The Kier molecular flexibility index (Phi) is 2.99. The molecule has 0 bridgehead atoms. The van der Waals surface area contributed by atoms with Crippen molar-refractivity contribution in [2.75, 3.05) is 0 Å². The molecule has 2 aromatic rings. The van der Waals surface area contributed by atoms with E-state index >= 15 is 0 Å². The minimum absolute atomic E-state index is 0.136. The second-order valence-electron chi connectivity index (χ2n) is 5.02. The smallest absolute Gasteiger partial charge is 0.144 e. The lowest BCUT2D eigenvalue weighted by molar-refractivity contribution is 0.217. The van der Waals surface area contributed by atoms with Crippen LogP contribution in [-0.4, -0.2) is 9.55 Å². The molecule has 0 aliphatic heterocycles. The molecule has 0 N–H and O–H groups in total. The first-order chi connectivity index (χ1) is 8.60. The molecule has 18 heavy (non-hydrogen) atoms. The van der Waals surface area contributed by atoms with Crippen molar-refractivity contribution in [2.24, 2.45) is 5.92 Å². The van der Waals surface area contributed by atoms with E-state index in [2.05, 4.69) is 16.5 Å². The van der Waals surface area contributed by atoms with Gasteiger partial charge in [-0.3, -0.25) is 0 Å². The number of hydrogen-bond acceptors (Lipinski definition) is 1. The van der Waals surface area contributed by atoms with Gasteiger partial charge in [-0.05, 0) is 24.8 Å². The van der Waals surface area contributed by atoms with Gasteiger partial charge < -0.3 is 4.57 Å². The Morgan fingerprint density at radius 1 is 1.44 bits per heavy atom. The summed E-state index contributed by atoms with van der Waals surface area (Å²) in [7, 11) is 0. The van der Waals surface area contributed by atoms with Crippen molar-refractivity contribution in [3.05, 3.63) is 28.8 Å². The van der Waals surface area contributed by atoms with E-state index < -0.39 is 5.82 Å². The third-order valence-corrected chi connectivity index (χ3v) is 4.17. The van der Waals surface area contributed by atoms with Gasteiger partial charge >= 0.3 is 0 Å². The van der Waals surface area contributed by atoms with Crippen LogP contribution in [0.1, 0.15) is 31.6 Å². The summed E-state index contributed by atoms with van der Waals surface area (Å²) in [5, 5.41) is 0.136. The van der Waals surface area contributed by atoms with Gasteiger partial charge in [-0.1, -0.05) is 18.5 Å². The summed E-state index contributed by atoms with van der Waals surface area (Å²) >= 11 is 11.8. The summed E-state index contributed by atoms with van der Waals surface area (Å²) in [5.74, 6) is 1.42. The van der Waals surface area contributed by atoms with E-state index in [0.29, 0.717) is 17.4 Å². The number of imidazole rings is 1. The van der Waals surface area contributed by atoms with Gasteiger partial charge in [0.2, 0.25) is 0 Å². The summed E-state index contributed by atoms with van der Waals surface area (Å²) < 4.78 is 15.6. The van der Waals surface area contributed by atoms with Gasteiger partial charge in [-0.15, -0.1) is 11.6 Å². The molecule has 0 amide bonds. The molecule has 0 atom stereocenters. The van der Waals surface area contributed by atoms with Crippen molar-refractivity contribution in [3.63, 3.8) is 0 Å². The summed E-state index contributed by atoms with van der Waals surface area (Å²) in [5.41, 5.74) is 1.51. The summed E-state index contributed by atoms with van der Waals surface area (Å²) in [6, 6.07) is 3.45. The van der Waals surface area contributed by atoms with E-state index in [1.807, 2.05) is 0 Å². The highest BCUT2D eigenvalue weighted by atomic mass is 35.5. The highest BCUT2D eigenvalue weighted by molar-refractivity contribution is 6.31. The molecule has 1 fully saturated rings. The maximum atomic E-state index is 13.4. The van der Waals surface area contributed by atoms with E-state index in [4.69, 9.17) is 23.2 Å². The minimum Gasteiger partial charge on any atom is -0.324 e. The van der Waals surface area contributed by atoms with Crippen molar-refractivity contribution >= 4 is 34.2 Å². The van der Waals surface area contributed by atoms with E-state index in [-0.39, 0.29) is 5.02 Å². The van der Waals surface area contributed by atoms with Crippen molar-refractivity contribution in [3.8, 4) is 0 Å². The van der Waals surface area contributed by atoms with Crippen LogP contribution in [0.25, 0.3) is 11.0 Å². The number of hydrogen-bond donors (Lipinski definition) is 0.